The highest BCUT2D eigenvalue weighted by Crippen LogP contribution is 2.47. The molecule has 222 valence electrons. The first-order chi connectivity index (χ1) is 23.7. The molecule has 6 aromatic heterocycles. The molecule has 13 aromatic rings. The Morgan fingerprint density at radius 3 is 1.04 bits per heavy atom. The van der Waals surface area contributed by atoms with Crippen molar-refractivity contribution in [2.45, 2.75) is 0 Å². The van der Waals surface area contributed by atoms with Crippen LogP contribution in [0.2, 0.25) is 0 Å². The third-order valence-electron chi connectivity index (χ3n) is 11.8. The predicted molar refractivity (Wildman–Crippen MR) is 204 cm³/mol. The van der Waals surface area contributed by atoms with Crippen molar-refractivity contribution in [3.63, 3.8) is 0 Å². The number of aromatic nitrogens is 4. The van der Waals surface area contributed by atoms with Gasteiger partial charge in [-0.25, -0.2) is 0 Å². The summed E-state index contributed by atoms with van der Waals surface area (Å²) in [4.78, 5) is 0. The van der Waals surface area contributed by atoms with Crippen molar-refractivity contribution in [3.05, 3.63) is 121 Å². The summed E-state index contributed by atoms with van der Waals surface area (Å²) in [7, 11) is 4.45. The molecule has 0 aliphatic rings. The van der Waals surface area contributed by atoms with Crippen LogP contribution in [0.3, 0.4) is 0 Å². The Labute approximate surface area is 272 Å². The van der Waals surface area contributed by atoms with Gasteiger partial charge in [0.05, 0.1) is 44.1 Å². The van der Waals surface area contributed by atoms with Gasteiger partial charge in [-0.15, -0.1) is 0 Å². The Kier molecular flexibility index (Phi) is 3.82. The first kappa shape index (κ1) is 24.0. The van der Waals surface area contributed by atoms with Gasteiger partial charge in [0.2, 0.25) is 0 Å². The minimum Gasteiger partial charge on any atom is -0.342 e. The third-order valence-corrected chi connectivity index (χ3v) is 11.8. The summed E-state index contributed by atoms with van der Waals surface area (Å²) in [6.07, 6.45) is 0. The maximum absolute atomic E-state index is 2.57. The summed E-state index contributed by atoms with van der Waals surface area (Å²) in [6, 6.07) is 45.7. The molecular weight excluding hydrogens is 585 g/mol. The van der Waals surface area contributed by atoms with Crippen LogP contribution in [-0.4, -0.2) is 17.9 Å². The molecule has 13 rings (SSSR count). The zero-order chi connectivity index (χ0) is 31.2. The topological polar surface area (TPSA) is 18.7 Å². The van der Waals surface area contributed by atoms with Crippen LogP contribution in [0.15, 0.2) is 121 Å². The van der Waals surface area contributed by atoms with Crippen molar-refractivity contribution < 1.29 is 0 Å². The van der Waals surface area contributed by atoms with Crippen LogP contribution in [0.25, 0.3) is 120 Å². The van der Waals surface area contributed by atoms with E-state index in [0.717, 1.165) is 0 Å². The van der Waals surface area contributed by atoms with Gasteiger partial charge in [-0.3, -0.25) is 0 Å². The van der Waals surface area contributed by atoms with Crippen LogP contribution < -0.4 is 0 Å². The fraction of sp³-hybridized carbons (Fsp3) is 0.0455. The molecule has 0 saturated carbocycles. The average molecular weight is 611 g/mol. The molecule has 4 heteroatoms. The van der Waals surface area contributed by atoms with Gasteiger partial charge in [0, 0.05) is 89.8 Å². The average Bonchev–Trinajstić information content (AvgIpc) is 3.94. The second kappa shape index (κ2) is 7.64. The minimum absolute atomic E-state index is 1.27. The number of hydrogen-bond acceptors (Lipinski definition) is 0. The van der Waals surface area contributed by atoms with E-state index in [-0.39, 0.29) is 0 Å². The first-order valence-corrected chi connectivity index (χ1v) is 16.7. The van der Waals surface area contributed by atoms with Crippen molar-refractivity contribution in [2.24, 2.45) is 14.1 Å². The molecule has 0 aliphatic carbocycles. The van der Waals surface area contributed by atoms with E-state index in [1.54, 1.807) is 0 Å². The van der Waals surface area contributed by atoms with Gasteiger partial charge in [0.25, 0.3) is 0 Å². The SMILES string of the molecule is Cn1c2ccccc2c2ccc3c4cccc5c6cc7c(cc6n(c54)c3c21)c1cccc2c3ccc4c5ccccc5n(C)c4c3n7c12. The lowest BCUT2D eigenvalue weighted by Gasteiger charge is -2.05. The number of nitrogens with zero attached hydrogens (tertiary/aromatic N) is 4. The normalized spacial score (nSPS) is 13.2. The van der Waals surface area contributed by atoms with E-state index in [1.165, 1.54) is 120 Å². The van der Waals surface area contributed by atoms with Crippen LogP contribution >= 0.6 is 0 Å². The molecule has 0 radical (unpaired) electrons. The summed E-state index contributed by atoms with van der Waals surface area (Å²) in [5.41, 5.74) is 12.9. The molecule has 0 bridgehead atoms. The maximum Gasteiger partial charge on any atom is 0.0785 e. The molecule has 48 heavy (non-hydrogen) atoms. The van der Waals surface area contributed by atoms with E-state index in [1.807, 2.05) is 0 Å². The molecule has 0 atom stereocenters. The van der Waals surface area contributed by atoms with Gasteiger partial charge in [-0.1, -0.05) is 97.1 Å². The van der Waals surface area contributed by atoms with Gasteiger partial charge in [0.15, 0.2) is 0 Å². The quantitative estimate of drug-likeness (QED) is 0.163. The number of para-hydroxylation sites is 4. The number of rotatable bonds is 0. The summed E-state index contributed by atoms with van der Waals surface area (Å²) in [6.45, 7) is 0. The number of fused-ring (bicyclic) bond motifs is 20. The molecule has 0 aliphatic heterocycles. The number of hydrogen-bond donors (Lipinski definition) is 0. The first-order valence-electron chi connectivity index (χ1n) is 16.7. The van der Waals surface area contributed by atoms with E-state index in [9.17, 15) is 0 Å². The van der Waals surface area contributed by atoms with Gasteiger partial charge < -0.3 is 17.9 Å². The molecule has 0 saturated heterocycles. The highest BCUT2D eigenvalue weighted by molar-refractivity contribution is 6.33. The maximum atomic E-state index is 2.57. The van der Waals surface area contributed by atoms with E-state index < -0.39 is 0 Å². The molecule has 0 N–H and O–H groups in total. The smallest absolute Gasteiger partial charge is 0.0785 e. The largest absolute Gasteiger partial charge is 0.342 e. The molecule has 0 fully saturated rings. The van der Waals surface area contributed by atoms with E-state index in [4.69, 9.17) is 0 Å². The molecule has 4 nitrogen and oxygen atoms in total. The van der Waals surface area contributed by atoms with Crippen LogP contribution in [0, 0.1) is 0 Å². The molecule has 0 amide bonds. The Morgan fingerprint density at radius 1 is 0.271 bits per heavy atom. The minimum atomic E-state index is 1.27. The lowest BCUT2D eigenvalue weighted by Crippen LogP contribution is -1.91. The number of aryl methyl sites for hydroxylation is 2. The fourth-order valence-electron chi connectivity index (χ4n) is 9.91. The van der Waals surface area contributed by atoms with Crippen molar-refractivity contribution in [1.29, 1.82) is 0 Å². The monoisotopic (exact) mass is 610 g/mol. The zero-order valence-corrected chi connectivity index (χ0v) is 26.3. The summed E-state index contributed by atoms with van der Waals surface area (Å²) < 4.78 is 9.94. The number of benzene rings is 7. The van der Waals surface area contributed by atoms with Crippen LogP contribution in [0.1, 0.15) is 0 Å². The second-order valence-electron chi connectivity index (χ2n) is 13.8. The molecule has 7 aromatic carbocycles. The lowest BCUT2D eigenvalue weighted by atomic mass is 10.0. The summed E-state index contributed by atoms with van der Waals surface area (Å²) in [5, 5.41) is 15.7. The standard InChI is InChI=1S/C44H26N4/c1-45-35-15-5-3-9-23(35)29-17-19-31-25-11-7-13-27-33-22-38-34(21-37(33)47(39(25)27)43(31)41(29)45)28-14-8-12-26-32-20-18-30-24-10-4-6-16-36(24)46(2)42(30)44(32)48(38)40(26)28/h3-22H,1-2H3. The van der Waals surface area contributed by atoms with Gasteiger partial charge in [-0.2, -0.15) is 0 Å². The Bertz CT molecular complexity index is 3340. The predicted octanol–water partition coefficient (Wildman–Crippen LogP) is 11.3. The van der Waals surface area contributed by atoms with Gasteiger partial charge >= 0.3 is 0 Å². The molecule has 0 unspecified atom stereocenters. The van der Waals surface area contributed by atoms with E-state index in [2.05, 4.69) is 153 Å². The highest BCUT2D eigenvalue weighted by Gasteiger charge is 2.25. The van der Waals surface area contributed by atoms with Crippen molar-refractivity contribution in [3.8, 4) is 0 Å². The Morgan fingerprint density at radius 2 is 0.604 bits per heavy atom. The van der Waals surface area contributed by atoms with Crippen LogP contribution in [0.4, 0.5) is 0 Å². The molecule has 6 heterocycles. The van der Waals surface area contributed by atoms with Crippen molar-refractivity contribution >= 4 is 120 Å². The van der Waals surface area contributed by atoms with Crippen molar-refractivity contribution in [1.82, 2.24) is 17.9 Å². The Hall–Kier alpha value is -6.26. The molecular formula is C44H26N4. The molecule has 0 spiro atoms. The van der Waals surface area contributed by atoms with Gasteiger partial charge in [-0.05, 0) is 24.3 Å². The lowest BCUT2D eigenvalue weighted by molar-refractivity contribution is 1.02. The highest BCUT2D eigenvalue weighted by atomic mass is 15.0. The summed E-state index contributed by atoms with van der Waals surface area (Å²) >= 11 is 0. The van der Waals surface area contributed by atoms with E-state index >= 15 is 0 Å². The summed E-state index contributed by atoms with van der Waals surface area (Å²) in [5.74, 6) is 0. The zero-order valence-electron chi connectivity index (χ0n) is 26.3. The van der Waals surface area contributed by atoms with E-state index in [0.29, 0.717) is 0 Å². The second-order valence-corrected chi connectivity index (χ2v) is 13.8. The third kappa shape index (κ3) is 2.40. The van der Waals surface area contributed by atoms with Crippen molar-refractivity contribution in [2.75, 3.05) is 0 Å². The van der Waals surface area contributed by atoms with Gasteiger partial charge in [0.1, 0.15) is 0 Å². The van der Waals surface area contributed by atoms with Crippen LogP contribution in [0.5, 0.6) is 0 Å². The Balaban J connectivity index is 1.29. The van der Waals surface area contributed by atoms with Crippen LogP contribution in [-0.2, 0) is 14.1 Å². The fourth-order valence-corrected chi connectivity index (χ4v) is 9.91.